The standard InChI is InChI=1S/C30H25F3N2O5/c31-30(32,33)24-11-4-5-12-25(24)34-26(36)17-40-29(39)20-9-6-10-21(15-20)35-27(37)22-14-13-19(16-23(22)28(35)38)18-7-2-1-3-8-18/h1-12,15,19,22-23H,13-14,16-17H2,(H,34,36)/t19-,22-,23+/m1/s1. The van der Waals surface area contributed by atoms with Crippen LogP contribution < -0.4 is 10.2 Å². The van der Waals surface area contributed by atoms with Crippen molar-refractivity contribution < 1.29 is 37.1 Å². The van der Waals surface area contributed by atoms with Crippen LogP contribution in [0.3, 0.4) is 0 Å². The number of carbonyl (C=O) groups is 4. The van der Waals surface area contributed by atoms with E-state index in [9.17, 15) is 32.3 Å². The number of alkyl halides is 3. The largest absolute Gasteiger partial charge is 0.452 e. The molecule has 1 saturated carbocycles. The Morgan fingerprint density at radius 2 is 1.57 bits per heavy atom. The second-order valence-electron chi connectivity index (χ2n) is 9.86. The predicted molar refractivity (Wildman–Crippen MR) is 139 cm³/mol. The first kappa shape index (κ1) is 27.1. The van der Waals surface area contributed by atoms with Crippen LogP contribution in [0.4, 0.5) is 24.5 Å². The lowest BCUT2D eigenvalue weighted by atomic mass is 9.73. The molecule has 3 aromatic rings. The van der Waals surface area contributed by atoms with E-state index in [1.807, 2.05) is 30.3 Å². The number of para-hydroxylation sites is 1. The number of fused-ring (bicyclic) bond motifs is 1. The van der Waals surface area contributed by atoms with Crippen LogP contribution in [0, 0.1) is 11.8 Å². The van der Waals surface area contributed by atoms with Gasteiger partial charge < -0.3 is 10.1 Å². The van der Waals surface area contributed by atoms with E-state index in [0.29, 0.717) is 12.8 Å². The van der Waals surface area contributed by atoms with Gasteiger partial charge in [-0.3, -0.25) is 19.3 Å². The number of hydrogen-bond donors (Lipinski definition) is 1. The average molecular weight is 551 g/mol. The van der Waals surface area contributed by atoms with Crippen LogP contribution in [-0.4, -0.2) is 30.3 Å². The molecule has 3 amide bonds. The Balaban J connectivity index is 1.24. The third-order valence-corrected chi connectivity index (χ3v) is 7.38. The lowest BCUT2D eigenvalue weighted by Crippen LogP contribution is -2.31. The summed E-state index contributed by atoms with van der Waals surface area (Å²) in [7, 11) is 0. The molecule has 3 atom stereocenters. The Hall–Kier alpha value is -4.47. The molecule has 0 bridgehead atoms. The van der Waals surface area contributed by atoms with Gasteiger partial charge in [-0.05, 0) is 61.1 Å². The number of ether oxygens (including phenoxy) is 1. The summed E-state index contributed by atoms with van der Waals surface area (Å²) in [5, 5.41) is 2.10. The molecule has 1 aliphatic carbocycles. The van der Waals surface area contributed by atoms with Gasteiger partial charge in [-0.1, -0.05) is 48.5 Å². The zero-order chi connectivity index (χ0) is 28.4. The summed E-state index contributed by atoms with van der Waals surface area (Å²) >= 11 is 0. The Morgan fingerprint density at radius 3 is 2.33 bits per heavy atom. The molecule has 2 aliphatic rings. The van der Waals surface area contributed by atoms with Crippen molar-refractivity contribution in [3.63, 3.8) is 0 Å². The fourth-order valence-electron chi connectivity index (χ4n) is 5.47. The van der Waals surface area contributed by atoms with Gasteiger partial charge in [-0.25, -0.2) is 4.79 Å². The number of esters is 1. The van der Waals surface area contributed by atoms with Crippen LogP contribution in [0.5, 0.6) is 0 Å². The summed E-state index contributed by atoms with van der Waals surface area (Å²) in [6.07, 6.45) is -2.74. The van der Waals surface area contributed by atoms with Crippen molar-refractivity contribution in [1.29, 1.82) is 0 Å². The maximum Gasteiger partial charge on any atom is 0.418 e. The lowest BCUT2D eigenvalue weighted by molar-refractivity contribution is -0.137. The van der Waals surface area contributed by atoms with Crippen molar-refractivity contribution in [1.82, 2.24) is 0 Å². The Kier molecular flexibility index (Phi) is 7.42. The number of imide groups is 1. The highest BCUT2D eigenvalue weighted by molar-refractivity contribution is 6.22. The van der Waals surface area contributed by atoms with Crippen molar-refractivity contribution in [2.45, 2.75) is 31.4 Å². The van der Waals surface area contributed by atoms with Crippen LogP contribution in [0.15, 0.2) is 78.9 Å². The molecule has 7 nitrogen and oxygen atoms in total. The molecular formula is C30H25F3N2O5. The molecule has 0 aromatic heterocycles. The third kappa shape index (κ3) is 5.47. The van der Waals surface area contributed by atoms with Gasteiger partial charge in [0, 0.05) is 0 Å². The fraction of sp³-hybridized carbons (Fsp3) is 0.267. The number of rotatable bonds is 6. The highest BCUT2D eigenvalue weighted by atomic mass is 19.4. The van der Waals surface area contributed by atoms with E-state index in [1.165, 1.54) is 30.3 Å². The molecule has 0 unspecified atom stereocenters. The van der Waals surface area contributed by atoms with Gasteiger partial charge in [0.1, 0.15) is 0 Å². The summed E-state index contributed by atoms with van der Waals surface area (Å²) in [5.41, 5.74) is -0.148. The molecule has 1 N–H and O–H groups in total. The smallest absolute Gasteiger partial charge is 0.418 e. The van der Waals surface area contributed by atoms with Crippen LogP contribution in [0.2, 0.25) is 0 Å². The number of benzene rings is 3. The molecule has 5 rings (SSSR count). The van der Waals surface area contributed by atoms with Crippen molar-refractivity contribution in [3.05, 3.63) is 95.6 Å². The summed E-state index contributed by atoms with van der Waals surface area (Å²) in [5.74, 6) is -3.21. The molecule has 0 spiro atoms. The average Bonchev–Trinajstić information content (AvgIpc) is 3.20. The summed E-state index contributed by atoms with van der Waals surface area (Å²) in [6.45, 7) is -0.831. The highest BCUT2D eigenvalue weighted by Crippen LogP contribution is 2.45. The first-order chi connectivity index (χ1) is 19.1. The molecule has 0 radical (unpaired) electrons. The third-order valence-electron chi connectivity index (χ3n) is 7.38. The lowest BCUT2D eigenvalue weighted by Gasteiger charge is -2.28. The number of anilines is 2. The fourth-order valence-corrected chi connectivity index (χ4v) is 5.47. The first-order valence-corrected chi connectivity index (χ1v) is 12.8. The van der Waals surface area contributed by atoms with Crippen molar-refractivity contribution in [2.24, 2.45) is 11.8 Å². The molecule has 10 heteroatoms. The summed E-state index contributed by atoms with van der Waals surface area (Å²) in [4.78, 5) is 52.5. The minimum Gasteiger partial charge on any atom is -0.452 e. The van der Waals surface area contributed by atoms with Crippen molar-refractivity contribution in [3.8, 4) is 0 Å². The molecule has 2 fully saturated rings. The van der Waals surface area contributed by atoms with E-state index < -0.39 is 47.7 Å². The van der Waals surface area contributed by atoms with E-state index in [4.69, 9.17) is 4.74 Å². The Bertz CT molecular complexity index is 1460. The number of nitrogens with zero attached hydrogens (tertiary/aromatic N) is 1. The Morgan fingerprint density at radius 1 is 0.875 bits per heavy atom. The molecule has 3 aromatic carbocycles. The van der Waals surface area contributed by atoms with Gasteiger partial charge in [0.25, 0.3) is 5.91 Å². The number of amides is 3. The van der Waals surface area contributed by atoms with Gasteiger partial charge in [0.15, 0.2) is 6.61 Å². The minimum absolute atomic E-state index is 0.0152. The van der Waals surface area contributed by atoms with Crippen LogP contribution >= 0.6 is 0 Å². The molecule has 206 valence electrons. The highest BCUT2D eigenvalue weighted by Gasteiger charge is 2.50. The molecule has 1 saturated heterocycles. The van der Waals surface area contributed by atoms with E-state index in [-0.39, 0.29) is 29.0 Å². The zero-order valence-electron chi connectivity index (χ0n) is 21.2. The minimum atomic E-state index is -4.68. The number of hydrogen-bond acceptors (Lipinski definition) is 5. The summed E-state index contributed by atoms with van der Waals surface area (Å²) in [6, 6.07) is 20.1. The SMILES string of the molecule is O=C(COC(=O)c1cccc(N2C(=O)[C@H]3C[C@H](c4ccccc4)CC[C@H]3C2=O)c1)Nc1ccccc1C(F)(F)F. The Labute approximate surface area is 227 Å². The van der Waals surface area contributed by atoms with Gasteiger partial charge in [0.2, 0.25) is 11.8 Å². The topological polar surface area (TPSA) is 92.8 Å². The first-order valence-electron chi connectivity index (χ1n) is 12.8. The van der Waals surface area contributed by atoms with Crippen LogP contribution in [-0.2, 0) is 25.3 Å². The van der Waals surface area contributed by atoms with E-state index in [0.717, 1.165) is 29.0 Å². The maximum atomic E-state index is 13.4. The number of halogens is 3. The number of nitrogens with one attached hydrogen (secondary N) is 1. The monoisotopic (exact) mass is 550 g/mol. The van der Waals surface area contributed by atoms with E-state index in [2.05, 4.69) is 5.32 Å². The zero-order valence-corrected chi connectivity index (χ0v) is 21.2. The van der Waals surface area contributed by atoms with Gasteiger partial charge in [-0.2, -0.15) is 13.2 Å². The molecule has 40 heavy (non-hydrogen) atoms. The van der Waals surface area contributed by atoms with Crippen molar-refractivity contribution >= 4 is 35.1 Å². The quantitative estimate of drug-likeness (QED) is 0.320. The van der Waals surface area contributed by atoms with E-state index >= 15 is 0 Å². The second kappa shape index (κ2) is 11.0. The predicted octanol–water partition coefficient (Wildman–Crippen LogP) is 5.57. The van der Waals surface area contributed by atoms with Crippen LogP contribution in [0.25, 0.3) is 0 Å². The maximum absolute atomic E-state index is 13.4. The van der Waals surface area contributed by atoms with Crippen molar-refractivity contribution in [2.75, 3.05) is 16.8 Å². The normalized spacial score (nSPS) is 20.7. The molecule has 1 aliphatic heterocycles. The molecule has 1 heterocycles. The number of carbonyl (C=O) groups excluding carboxylic acids is 4. The summed E-state index contributed by atoms with van der Waals surface area (Å²) < 4.78 is 44.5. The van der Waals surface area contributed by atoms with E-state index in [1.54, 1.807) is 6.07 Å². The molecular weight excluding hydrogens is 525 g/mol. The van der Waals surface area contributed by atoms with Gasteiger partial charge in [0.05, 0.1) is 34.3 Å². The second-order valence-corrected chi connectivity index (χ2v) is 9.86. The van der Waals surface area contributed by atoms with Gasteiger partial charge in [-0.15, -0.1) is 0 Å². The van der Waals surface area contributed by atoms with Gasteiger partial charge >= 0.3 is 12.1 Å². The van der Waals surface area contributed by atoms with Crippen LogP contribution in [0.1, 0.15) is 46.7 Å².